The maximum absolute atomic E-state index is 13.7. The van der Waals surface area contributed by atoms with Crippen LogP contribution in [0.2, 0.25) is 0 Å². The van der Waals surface area contributed by atoms with Crippen LogP contribution in [-0.4, -0.2) is 41.5 Å². The number of halogens is 1. The Labute approximate surface area is 164 Å². The van der Waals surface area contributed by atoms with Gasteiger partial charge < -0.3 is 10.2 Å². The highest BCUT2D eigenvalue weighted by Gasteiger charge is 2.38. The van der Waals surface area contributed by atoms with Crippen LogP contribution in [0.3, 0.4) is 0 Å². The van der Waals surface area contributed by atoms with Gasteiger partial charge in [-0.3, -0.25) is 15.2 Å². The zero-order chi connectivity index (χ0) is 19.3. The van der Waals surface area contributed by atoms with Gasteiger partial charge in [-0.1, -0.05) is 18.2 Å². The lowest BCUT2D eigenvalue weighted by molar-refractivity contribution is -0.139. The first-order valence-corrected chi connectivity index (χ1v) is 9.86. The Balaban J connectivity index is 1.58. The van der Waals surface area contributed by atoms with Gasteiger partial charge in [0.25, 0.3) is 0 Å². The van der Waals surface area contributed by atoms with Crippen molar-refractivity contribution in [2.24, 2.45) is 5.92 Å². The molecule has 2 aliphatic heterocycles. The molecular weight excluding hydrogens is 357 g/mol. The molecule has 1 amide bonds. The summed E-state index contributed by atoms with van der Waals surface area (Å²) in [6, 6.07) is 10.3. The highest BCUT2D eigenvalue weighted by Crippen LogP contribution is 2.29. The van der Waals surface area contributed by atoms with E-state index in [9.17, 15) is 9.18 Å². The second-order valence-corrected chi connectivity index (χ2v) is 7.47. The topological polar surface area (TPSA) is 69.3 Å². The fraction of sp³-hybridized carbons (Fsp3) is 0.429. The van der Waals surface area contributed by atoms with Gasteiger partial charge in [-0.05, 0) is 55.3 Å². The Kier molecular flexibility index (Phi) is 5.95. The summed E-state index contributed by atoms with van der Waals surface area (Å²) in [5, 5.41) is 3.37. The van der Waals surface area contributed by atoms with Crippen LogP contribution in [0.15, 0.2) is 48.8 Å². The van der Waals surface area contributed by atoms with Crippen molar-refractivity contribution in [3.8, 4) is 0 Å². The van der Waals surface area contributed by atoms with Crippen molar-refractivity contribution in [1.82, 2.24) is 26.1 Å². The predicted octanol–water partition coefficient (Wildman–Crippen LogP) is 1.77. The normalized spacial score (nSPS) is 22.9. The summed E-state index contributed by atoms with van der Waals surface area (Å²) in [6.07, 6.45) is 5.43. The third-order valence-corrected chi connectivity index (χ3v) is 5.62. The molecule has 1 aromatic carbocycles. The number of amides is 1. The molecule has 2 aliphatic rings. The molecule has 28 heavy (non-hydrogen) atoms. The molecule has 0 aliphatic carbocycles. The van der Waals surface area contributed by atoms with E-state index in [1.165, 1.54) is 12.1 Å². The van der Waals surface area contributed by atoms with Crippen molar-refractivity contribution < 1.29 is 9.18 Å². The average molecular weight is 383 g/mol. The second-order valence-electron chi connectivity index (χ2n) is 7.47. The Hall–Kier alpha value is -2.35. The molecule has 7 heteroatoms. The monoisotopic (exact) mass is 383 g/mol. The SMILES string of the molecule is O=C(C1CNNC1c1cccc(F)c1)N(Cc1cccnc1)C1CCNCC1. The molecular formula is C21H26FN5O. The average Bonchev–Trinajstić information content (AvgIpc) is 3.23. The smallest absolute Gasteiger partial charge is 0.229 e. The van der Waals surface area contributed by atoms with Crippen LogP contribution in [0, 0.1) is 11.7 Å². The van der Waals surface area contributed by atoms with Gasteiger partial charge in [-0.2, -0.15) is 0 Å². The third kappa shape index (κ3) is 4.22. The summed E-state index contributed by atoms with van der Waals surface area (Å²) in [7, 11) is 0. The number of hydrogen-bond acceptors (Lipinski definition) is 5. The van der Waals surface area contributed by atoms with Crippen molar-refractivity contribution in [2.45, 2.75) is 31.5 Å². The number of nitrogens with zero attached hydrogens (tertiary/aromatic N) is 2. The third-order valence-electron chi connectivity index (χ3n) is 5.62. The first-order chi connectivity index (χ1) is 13.7. The number of piperidine rings is 1. The molecule has 0 radical (unpaired) electrons. The summed E-state index contributed by atoms with van der Waals surface area (Å²) in [6.45, 7) is 2.89. The fourth-order valence-corrected chi connectivity index (χ4v) is 4.15. The van der Waals surface area contributed by atoms with E-state index in [0.29, 0.717) is 13.1 Å². The van der Waals surface area contributed by atoms with Gasteiger partial charge in [0.2, 0.25) is 5.91 Å². The summed E-state index contributed by atoms with van der Waals surface area (Å²) in [4.78, 5) is 19.8. The van der Waals surface area contributed by atoms with Crippen molar-refractivity contribution in [1.29, 1.82) is 0 Å². The molecule has 2 unspecified atom stereocenters. The van der Waals surface area contributed by atoms with E-state index in [4.69, 9.17) is 0 Å². The Bertz CT molecular complexity index is 796. The minimum absolute atomic E-state index is 0.0996. The molecule has 2 atom stereocenters. The highest BCUT2D eigenvalue weighted by molar-refractivity contribution is 5.81. The molecule has 4 rings (SSSR count). The van der Waals surface area contributed by atoms with Crippen LogP contribution in [0.4, 0.5) is 4.39 Å². The number of rotatable bonds is 5. The van der Waals surface area contributed by atoms with Crippen LogP contribution in [0.1, 0.15) is 30.0 Å². The van der Waals surface area contributed by atoms with Crippen molar-refractivity contribution in [3.05, 3.63) is 65.7 Å². The number of hydrazine groups is 1. The van der Waals surface area contributed by atoms with E-state index in [1.807, 2.05) is 29.3 Å². The van der Waals surface area contributed by atoms with Crippen molar-refractivity contribution in [2.75, 3.05) is 19.6 Å². The van der Waals surface area contributed by atoms with E-state index in [-0.39, 0.29) is 29.7 Å². The molecule has 3 heterocycles. The van der Waals surface area contributed by atoms with E-state index in [0.717, 1.165) is 37.1 Å². The number of benzene rings is 1. The summed E-state index contributed by atoms with van der Waals surface area (Å²) >= 11 is 0. The summed E-state index contributed by atoms with van der Waals surface area (Å²) in [5.41, 5.74) is 8.07. The lowest BCUT2D eigenvalue weighted by atomic mass is 9.92. The molecule has 2 fully saturated rings. The Morgan fingerprint density at radius 1 is 1.21 bits per heavy atom. The van der Waals surface area contributed by atoms with E-state index >= 15 is 0 Å². The highest BCUT2D eigenvalue weighted by atomic mass is 19.1. The Morgan fingerprint density at radius 3 is 2.82 bits per heavy atom. The second kappa shape index (κ2) is 8.77. The fourth-order valence-electron chi connectivity index (χ4n) is 4.15. The van der Waals surface area contributed by atoms with E-state index in [1.54, 1.807) is 12.3 Å². The van der Waals surface area contributed by atoms with Crippen molar-refractivity contribution >= 4 is 5.91 Å². The van der Waals surface area contributed by atoms with E-state index < -0.39 is 0 Å². The van der Waals surface area contributed by atoms with Gasteiger partial charge in [0.1, 0.15) is 5.82 Å². The van der Waals surface area contributed by atoms with Gasteiger partial charge in [-0.25, -0.2) is 9.82 Å². The number of carbonyl (C=O) groups is 1. The number of pyridine rings is 1. The number of aromatic nitrogens is 1. The first kappa shape index (κ1) is 19.0. The van der Waals surface area contributed by atoms with Gasteiger partial charge >= 0.3 is 0 Å². The van der Waals surface area contributed by atoms with Crippen LogP contribution in [0.25, 0.3) is 0 Å². The van der Waals surface area contributed by atoms with Crippen LogP contribution < -0.4 is 16.2 Å². The maximum Gasteiger partial charge on any atom is 0.229 e. The standard InChI is InChI=1S/C21H26FN5O/c22-17-5-1-4-16(11-17)20-19(13-25-26-20)21(28)27(18-6-9-23-10-7-18)14-15-3-2-8-24-12-15/h1-5,8,11-12,18-20,23,25-26H,6-7,9-10,13-14H2. The molecule has 2 saturated heterocycles. The zero-order valence-corrected chi connectivity index (χ0v) is 15.8. The van der Waals surface area contributed by atoms with Gasteiger partial charge in [0.15, 0.2) is 0 Å². The number of carbonyl (C=O) groups excluding carboxylic acids is 1. The molecule has 0 saturated carbocycles. The molecule has 2 aromatic rings. The van der Waals surface area contributed by atoms with Gasteiger partial charge in [0, 0.05) is 31.5 Å². The predicted molar refractivity (Wildman–Crippen MR) is 104 cm³/mol. The number of hydrogen-bond donors (Lipinski definition) is 3. The van der Waals surface area contributed by atoms with Crippen LogP contribution in [-0.2, 0) is 11.3 Å². The molecule has 0 spiro atoms. The van der Waals surface area contributed by atoms with Crippen molar-refractivity contribution in [3.63, 3.8) is 0 Å². The van der Waals surface area contributed by atoms with Crippen LogP contribution in [0.5, 0.6) is 0 Å². The molecule has 148 valence electrons. The van der Waals surface area contributed by atoms with Gasteiger partial charge in [0.05, 0.1) is 12.0 Å². The van der Waals surface area contributed by atoms with Gasteiger partial charge in [-0.15, -0.1) is 0 Å². The molecule has 1 aromatic heterocycles. The number of nitrogens with one attached hydrogen (secondary N) is 3. The maximum atomic E-state index is 13.7. The quantitative estimate of drug-likeness (QED) is 0.734. The Morgan fingerprint density at radius 2 is 2.07 bits per heavy atom. The molecule has 0 bridgehead atoms. The lowest BCUT2D eigenvalue weighted by Gasteiger charge is -2.37. The molecule has 3 N–H and O–H groups in total. The first-order valence-electron chi connectivity index (χ1n) is 9.86. The van der Waals surface area contributed by atoms with Crippen LogP contribution >= 0.6 is 0 Å². The zero-order valence-electron chi connectivity index (χ0n) is 15.8. The summed E-state index contributed by atoms with van der Waals surface area (Å²) < 4.78 is 13.7. The largest absolute Gasteiger partial charge is 0.335 e. The minimum atomic E-state index is -0.289. The minimum Gasteiger partial charge on any atom is -0.335 e. The summed E-state index contributed by atoms with van der Waals surface area (Å²) in [5.74, 6) is -0.473. The lowest BCUT2D eigenvalue weighted by Crippen LogP contribution is -2.49. The molecule has 6 nitrogen and oxygen atoms in total. The van der Waals surface area contributed by atoms with E-state index in [2.05, 4.69) is 21.2 Å².